The lowest BCUT2D eigenvalue weighted by molar-refractivity contribution is 0.0600. The molecule has 2 nitrogen and oxygen atoms in total. The molecule has 0 aliphatic heterocycles. The number of benzene rings is 2. The van der Waals surface area contributed by atoms with Gasteiger partial charge in [-0.2, -0.15) is 0 Å². The molecule has 0 N–H and O–H groups in total. The van der Waals surface area contributed by atoms with Crippen LogP contribution in [0.2, 0.25) is 0 Å². The average Bonchev–Trinajstić information content (AvgIpc) is 2.73. The van der Waals surface area contributed by atoms with E-state index in [1.54, 1.807) is 0 Å². The van der Waals surface area contributed by atoms with Gasteiger partial charge in [-0.15, -0.1) is 0 Å². The maximum atomic E-state index is 11.7. The molecule has 1 aliphatic carbocycles. The molecule has 30 heavy (non-hydrogen) atoms. The van der Waals surface area contributed by atoms with Gasteiger partial charge >= 0.3 is 5.97 Å². The predicted octanol–water partition coefficient (Wildman–Crippen LogP) is 7.34. The van der Waals surface area contributed by atoms with Crippen LogP contribution in [-0.2, 0) is 22.0 Å². The van der Waals surface area contributed by atoms with Crippen molar-refractivity contribution in [3.8, 4) is 0 Å². The smallest absolute Gasteiger partial charge is 0.337 e. The lowest BCUT2D eigenvalue weighted by atomic mass is 9.62. The maximum absolute atomic E-state index is 11.7. The lowest BCUT2D eigenvalue weighted by Gasteiger charge is -2.42. The molecule has 0 atom stereocenters. The highest BCUT2D eigenvalue weighted by molar-refractivity contribution is 5.89. The Labute approximate surface area is 182 Å². The summed E-state index contributed by atoms with van der Waals surface area (Å²) in [4.78, 5) is 11.7. The van der Waals surface area contributed by atoms with Gasteiger partial charge in [0.25, 0.3) is 0 Å². The number of hydrogen-bond acceptors (Lipinski definition) is 2. The van der Waals surface area contributed by atoms with E-state index < -0.39 is 0 Å². The van der Waals surface area contributed by atoms with E-state index in [0.717, 1.165) is 12.0 Å². The largest absolute Gasteiger partial charge is 0.465 e. The van der Waals surface area contributed by atoms with Gasteiger partial charge in [0.05, 0.1) is 12.7 Å². The van der Waals surface area contributed by atoms with Crippen molar-refractivity contribution in [2.24, 2.45) is 0 Å². The maximum Gasteiger partial charge on any atom is 0.337 e. The van der Waals surface area contributed by atoms with E-state index in [9.17, 15) is 4.79 Å². The zero-order valence-electron chi connectivity index (χ0n) is 19.5. The zero-order valence-corrected chi connectivity index (χ0v) is 19.5. The number of rotatable bonds is 6. The Morgan fingerprint density at radius 3 is 2.13 bits per heavy atom. The first kappa shape index (κ1) is 22.3. The van der Waals surface area contributed by atoms with E-state index in [0.29, 0.717) is 5.56 Å². The molecule has 0 fully saturated rings. The van der Waals surface area contributed by atoms with Crippen molar-refractivity contribution in [2.75, 3.05) is 7.11 Å². The van der Waals surface area contributed by atoms with Crippen LogP contribution < -0.4 is 0 Å². The summed E-state index contributed by atoms with van der Waals surface area (Å²) in [6.45, 7) is 11.8. The number of carbonyl (C=O) groups excluding carboxylic acids is 1. The van der Waals surface area contributed by atoms with E-state index in [-0.39, 0.29) is 16.8 Å². The molecule has 0 aromatic heterocycles. The molecule has 0 saturated carbocycles. The molecule has 2 aromatic rings. The number of ether oxygens (including phenoxy) is 1. The van der Waals surface area contributed by atoms with Gasteiger partial charge in [0, 0.05) is 0 Å². The lowest BCUT2D eigenvalue weighted by Crippen LogP contribution is -2.34. The fraction of sp³-hybridized carbons (Fsp3) is 0.464. The number of unbranched alkanes of at least 4 members (excludes halogenated alkanes) is 1. The van der Waals surface area contributed by atoms with Crippen LogP contribution in [0.5, 0.6) is 0 Å². The van der Waals surface area contributed by atoms with E-state index in [1.807, 2.05) is 24.3 Å². The molecule has 0 saturated heterocycles. The Morgan fingerprint density at radius 2 is 1.57 bits per heavy atom. The van der Waals surface area contributed by atoms with Gasteiger partial charge in [-0.05, 0) is 76.5 Å². The highest BCUT2D eigenvalue weighted by Crippen LogP contribution is 2.46. The quantitative estimate of drug-likeness (QED) is 0.372. The highest BCUT2D eigenvalue weighted by Gasteiger charge is 2.37. The summed E-state index contributed by atoms with van der Waals surface area (Å²) in [5, 5.41) is 0. The normalized spacial score (nSPS) is 17.0. The Kier molecular flexibility index (Phi) is 6.55. The molecule has 3 rings (SSSR count). The summed E-state index contributed by atoms with van der Waals surface area (Å²) < 4.78 is 4.79. The molecule has 0 unspecified atom stereocenters. The number of fused-ring (bicyclic) bond motifs is 1. The van der Waals surface area contributed by atoms with Crippen LogP contribution in [0.25, 0.3) is 12.2 Å². The summed E-state index contributed by atoms with van der Waals surface area (Å²) in [5.41, 5.74) is 7.91. The van der Waals surface area contributed by atoms with Crippen LogP contribution >= 0.6 is 0 Å². The Morgan fingerprint density at radius 1 is 0.967 bits per heavy atom. The molecule has 0 bridgehead atoms. The van der Waals surface area contributed by atoms with E-state index in [4.69, 9.17) is 4.74 Å². The van der Waals surface area contributed by atoms with Gasteiger partial charge in [0.2, 0.25) is 0 Å². The minimum Gasteiger partial charge on any atom is -0.465 e. The van der Waals surface area contributed by atoms with Crippen molar-refractivity contribution in [1.82, 2.24) is 0 Å². The second-order valence-corrected chi connectivity index (χ2v) is 9.91. The molecule has 2 heteroatoms. The third-order valence-corrected chi connectivity index (χ3v) is 6.70. The number of methoxy groups -OCH3 is 1. The van der Waals surface area contributed by atoms with Crippen molar-refractivity contribution in [1.29, 1.82) is 0 Å². The molecule has 2 aromatic carbocycles. The van der Waals surface area contributed by atoms with Gasteiger partial charge in [-0.3, -0.25) is 0 Å². The van der Waals surface area contributed by atoms with Crippen molar-refractivity contribution < 1.29 is 9.53 Å². The minimum atomic E-state index is -0.299. The topological polar surface area (TPSA) is 26.3 Å². The van der Waals surface area contributed by atoms with Gasteiger partial charge in [-0.1, -0.05) is 77.5 Å². The van der Waals surface area contributed by atoms with Crippen molar-refractivity contribution in [3.63, 3.8) is 0 Å². The number of carbonyl (C=O) groups is 1. The van der Waals surface area contributed by atoms with E-state index in [2.05, 4.69) is 58.9 Å². The summed E-state index contributed by atoms with van der Waals surface area (Å²) in [5.74, 6) is -0.299. The van der Waals surface area contributed by atoms with Crippen LogP contribution in [0.3, 0.4) is 0 Å². The Balaban J connectivity index is 2.00. The molecule has 0 radical (unpaired) electrons. The SMILES string of the molecule is CCCCc1cc2c(cc1/C=C/c1ccc(C(=O)OC)cc1)C(C)(C)CCC2(C)C. The first-order valence-corrected chi connectivity index (χ1v) is 11.2. The van der Waals surface area contributed by atoms with Gasteiger partial charge in [0.1, 0.15) is 0 Å². The molecule has 1 aliphatic rings. The highest BCUT2D eigenvalue weighted by atomic mass is 16.5. The first-order chi connectivity index (χ1) is 14.2. The van der Waals surface area contributed by atoms with Gasteiger partial charge in [0.15, 0.2) is 0 Å². The summed E-state index contributed by atoms with van der Waals surface area (Å²) >= 11 is 0. The molecular formula is C28H36O2. The van der Waals surface area contributed by atoms with Gasteiger partial charge in [-0.25, -0.2) is 4.79 Å². The second kappa shape index (κ2) is 8.79. The second-order valence-electron chi connectivity index (χ2n) is 9.91. The van der Waals surface area contributed by atoms with Crippen LogP contribution in [0, 0.1) is 0 Å². The molecule has 0 amide bonds. The van der Waals surface area contributed by atoms with Crippen LogP contribution in [0.15, 0.2) is 36.4 Å². The summed E-state index contributed by atoms with van der Waals surface area (Å²) in [7, 11) is 1.41. The average molecular weight is 405 g/mol. The first-order valence-electron chi connectivity index (χ1n) is 11.2. The van der Waals surface area contributed by atoms with Crippen LogP contribution in [0.4, 0.5) is 0 Å². The molecular weight excluding hydrogens is 368 g/mol. The third kappa shape index (κ3) is 4.69. The van der Waals surface area contributed by atoms with Gasteiger partial charge < -0.3 is 4.74 Å². The standard InChI is InChI=1S/C28H36O2/c1-7-8-9-22-18-24-25(28(4,5)17-16-27(24,2)3)19-23(22)15-12-20-10-13-21(14-11-20)26(29)30-6/h10-15,18-19H,7-9,16-17H2,1-6H3/b15-12+. The zero-order chi connectivity index (χ0) is 21.9. The monoisotopic (exact) mass is 404 g/mol. The molecule has 160 valence electrons. The number of hydrogen-bond donors (Lipinski definition) is 0. The Bertz CT molecular complexity index is 930. The third-order valence-electron chi connectivity index (χ3n) is 6.70. The van der Waals surface area contributed by atoms with E-state index in [1.165, 1.54) is 55.0 Å². The summed E-state index contributed by atoms with van der Waals surface area (Å²) in [6, 6.07) is 12.5. The van der Waals surface area contributed by atoms with Crippen LogP contribution in [-0.4, -0.2) is 13.1 Å². The van der Waals surface area contributed by atoms with Crippen molar-refractivity contribution in [3.05, 3.63) is 69.8 Å². The number of aryl methyl sites for hydroxylation is 1. The van der Waals surface area contributed by atoms with E-state index >= 15 is 0 Å². The Hall–Kier alpha value is -2.35. The summed E-state index contributed by atoms with van der Waals surface area (Å²) in [6.07, 6.45) is 10.4. The van der Waals surface area contributed by atoms with Crippen molar-refractivity contribution >= 4 is 18.1 Å². The van der Waals surface area contributed by atoms with Crippen LogP contribution in [0.1, 0.15) is 98.5 Å². The van der Waals surface area contributed by atoms with Crippen molar-refractivity contribution in [2.45, 2.75) is 77.6 Å². The minimum absolute atomic E-state index is 0.207. The predicted molar refractivity (Wildman–Crippen MR) is 127 cm³/mol. The fourth-order valence-corrected chi connectivity index (χ4v) is 4.45. The number of esters is 1. The molecule has 0 spiro atoms. The molecule has 0 heterocycles. The fourth-order valence-electron chi connectivity index (χ4n) is 4.45.